The molecule has 8 heteroatoms. The predicted molar refractivity (Wildman–Crippen MR) is 122 cm³/mol. The minimum atomic E-state index is -0.737. The summed E-state index contributed by atoms with van der Waals surface area (Å²) in [6, 6.07) is 15.1. The second kappa shape index (κ2) is 8.71. The molecule has 2 heterocycles. The van der Waals surface area contributed by atoms with E-state index in [4.69, 9.17) is 14.2 Å². The molecule has 1 spiro atoms. The fourth-order valence-electron chi connectivity index (χ4n) is 4.09. The number of carbonyl (C=O) groups excluding carboxylic acids is 3. The van der Waals surface area contributed by atoms with Gasteiger partial charge in [-0.25, -0.2) is 4.79 Å². The van der Waals surface area contributed by atoms with Gasteiger partial charge in [-0.1, -0.05) is 24.3 Å². The van der Waals surface area contributed by atoms with Crippen LogP contribution in [0.3, 0.4) is 0 Å². The first kappa shape index (κ1) is 21.2. The fourth-order valence-corrected chi connectivity index (χ4v) is 4.77. The van der Waals surface area contributed by atoms with Crippen molar-refractivity contribution in [2.75, 3.05) is 11.9 Å². The van der Waals surface area contributed by atoms with Crippen molar-refractivity contribution in [3.8, 4) is 11.5 Å². The maximum absolute atomic E-state index is 12.7. The fraction of sp³-hybridized carbons (Fsp3) is 0.240. The molecular formula is C25H21NO6S. The number of benzene rings is 2. The number of carbonyl (C=O) groups is 3. The Morgan fingerprint density at radius 1 is 0.939 bits per heavy atom. The molecule has 1 aliphatic heterocycles. The molecule has 0 unspecified atom stereocenters. The summed E-state index contributed by atoms with van der Waals surface area (Å²) in [7, 11) is 0. The zero-order valence-corrected chi connectivity index (χ0v) is 18.5. The summed E-state index contributed by atoms with van der Waals surface area (Å²) < 4.78 is 17.2. The van der Waals surface area contributed by atoms with Crippen LogP contribution >= 0.6 is 11.3 Å². The summed E-state index contributed by atoms with van der Waals surface area (Å²) in [5, 5.41) is 4.49. The molecule has 7 nitrogen and oxygen atoms in total. The Morgan fingerprint density at radius 3 is 2.45 bits per heavy atom. The molecule has 2 aromatic carbocycles. The normalized spacial score (nSPS) is 15.4. The number of ketones is 1. The minimum Gasteiger partial charge on any atom is -0.452 e. The summed E-state index contributed by atoms with van der Waals surface area (Å²) in [6.07, 6.45) is 3.81. The Labute approximate surface area is 194 Å². The van der Waals surface area contributed by atoms with E-state index in [2.05, 4.69) is 5.32 Å². The van der Waals surface area contributed by atoms with Crippen molar-refractivity contribution in [3.63, 3.8) is 0 Å². The van der Waals surface area contributed by atoms with Gasteiger partial charge in [-0.3, -0.25) is 9.59 Å². The van der Waals surface area contributed by atoms with E-state index >= 15 is 0 Å². The van der Waals surface area contributed by atoms with Gasteiger partial charge < -0.3 is 19.5 Å². The van der Waals surface area contributed by atoms with Crippen molar-refractivity contribution < 1.29 is 28.6 Å². The Hall–Kier alpha value is -3.65. The van der Waals surface area contributed by atoms with Crippen molar-refractivity contribution in [2.24, 2.45) is 0 Å². The number of thiophene rings is 1. The van der Waals surface area contributed by atoms with Gasteiger partial charge in [0.1, 0.15) is 0 Å². The second-order valence-electron chi connectivity index (χ2n) is 7.96. The standard InChI is InChI=1S/C25H21NO6S/c27-22(26-16-9-10-19-20(14-16)32-25(31-19)11-3-4-12-25)15-30-24(29)18-7-2-1-6-17(18)23(28)21-8-5-13-33-21/h1-2,5-10,13-14H,3-4,11-12,15H2,(H,26,27). The first-order valence-electron chi connectivity index (χ1n) is 10.7. The third-order valence-electron chi connectivity index (χ3n) is 5.66. The lowest BCUT2D eigenvalue weighted by Gasteiger charge is -2.21. The lowest BCUT2D eigenvalue weighted by molar-refractivity contribution is -0.119. The lowest BCUT2D eigenvalue weighted by Crippen LogP contribution is -2.34. The molecule has 1 amide bonds. The van der Waals surface area contributed by atoms with Crippen molar-refractivity contribution in [3.05, 3.63) is 76.0 Å². The molecule has 1 aliphatic carbocycles. The van der Waals surface area contributed by atoms with Crippen LogP contribution in [0.4, 0.5) is 5.69 Å². The van der Waals surface area contributed by atoms with Crippen LogP contribution in [-0.2, 0) is 9.53 Å². The van der Waals surface area contributed by atoms with Crippen LogP contribution in [0.1, 0.15) is 51.3 Å². The molecule has 0 radical (unpaired) electrons. The van der Waals surface area contributed by atoms with Gasteiger partial charge in [0.05, 0.1) is 10.4 Å². The van der Waals surface area contributed by atoms with E-state index in [1.165, 1.54) is 17.4 Å². The van der Waals surface area contributed by atoms with Crippen LogP contribution in [0, 0.1) is 0 Å². The number of amides is 1. The number of fused-ring (bicyclic) bond motifs is 1. The minimum absolute atomic E-state index is 0.119. The molecule has 0 atom stereocenters. The Bertz CT molecular complexity index is 1210. The SMILES string of the molecule is O=C(COC(=O)c1ccccc1C(=O)c1cccs1)Nc1ccc2c(c1)OC1(CCCC1)O2. The first-order chi connectivity index (χ1) is 16.0. The smallest absolute Gasteiger partial charge is 0.339 e. The van der Waals surface area contributed by atoms with Crippen molar-refractivity contribution in [2.45, 2.75) is 31.5 Å². The number of rotatable bonds is 6. The summed E-state index contributed by atoms with van der Waals surface area (Å²) >= 11 is 1.30. The molecule has 168 valence electrons. The zero-order chi connectivity index (χ0) is 22.8. The van der Waals surface area contributed by atoms with Crippen LogP contribution in [0.25, 0.3) is 0 Å². The molecule has 0 bridgehead atoms. The van der Waals surface area contributed by atoms with E-state index in [1.54, 1.807) is 53.9 Å². The van der Waals surface area contributed by atoms with Crippen molar-refractivity contribution in [1.82, 2.24) is 0 Å². The number of ether oxygens (including phenoxy) is 3. The topological polar surface area (TPSA) is 90.9 Å². The first-order valence-corrected chi connectivity index (χ1v) is 11.6. The van der Waals surface area contributed by atoms with Crippen molar-refractivity contribution in [1.29, 1.82) is 0 Å². The van der Waals surface area contributed by atoms with Crippen LogP contribution in [0.5, 0.6) is 11.5 Å². The largest absolute Gasteiger partial charge is 0.452 e. The van der Waals surface area contributed by atoms with E-state index in [9.17, 15) is 14.4 Å². The summed E-state index contributed by atoms with van der Waals surface area (Å²) in [4.78, 5) is 38.2. The summed E-state index contributed by atoms with van der Waals surface area (Å²) in [6.45, 7) is -0.487. The summed E-state index contributed by atoms with van der Waals surface area (Å²) in [5.41, 5.74) is 0.873. The van der Waals surface area contributed by atoms with Crippen molar-refractivity contribution >= 4 is 34.7 Å². The van der Waals surface area contributed by atoms with Gasteiger partial charge in [0.2, 0.25) is 5.78 Å². The molecule has 1 aromatic heterocycles. The van der Waals surface area contributed by atoms with E-state index in [0.717, 1.165) is 25.7 Å². The Morgan fingerprint density at radius 2 is 1.70 bits per heavy atom. The van der Waals surface area contributed by atoms with Gasteiger partial charge >= 0.3 is 5.97 Å². The van der Waals surface area contributed by atoms with E-state index < -0.39 is 24.3 Å². The highest BCUT2D eigenvalue weighted by Crippen LogP contribution is 2.47. The van der Waals surface area contributed by atoms with Gasteiger partial charge in [-0.2, -0.15) is 0 Å². The summed E-state index contributed by atoms with van der Waals surface area (Å²) in [5.74, 6) is -0.822. The van der Waals surface area contributed by atoms with Gasteiger partial charge in [0.15, 0.2) is 18.1 Å². The van der Waals surface area contributed by atoms with Gasteiger partial charge in [0, 0.05) is 30.2 Å². The number of hydrogen-bond acceptors (Lipinski definition) is 7. The molecule has 33 heavy (non-hydrogen) atoms. The highest BCUT2D eigenvalue weighted by molar-refractivity contribution is 7.12. The van der Waals surface area contributed by atoms with Crippen LogP contribution in [-0.4, -0.2) is 30.1 Å². The predicted octanol–water partition coefficient (Wildman–Crippen LogP) is 4.82. The van der Waals surface area contributed by atoms with Gasteiger partial charge in [0.25, 0.3) is 11.7 Å². The highest BCUT2D eigenvalue weighted by atomic mass is 32.1. The molecule has 1 fully saturated rings. The Balaban J connectivity index is 1.21. The highest BCUT2D eigenvalue weighted by Gasteiger charge is 2.44. The average molecular weight is 464 g/mol. The average Bonchev–Trinajstić information content (AvgIpc) is 3.58. The third kappa shape index (κ3) is 4.34. The van der Waals surface area contributed by atoms with Crippen LogP contribution in [0.2, 0.25) is 0 Å². The number of esters is 1. The number of nitrogens with one attached hydrogen (secondary N) is 1. The number of anilines is 1. The monoisotopic (exact) mass is 463 g/mol. The zero-order valence-electron chi connectivity index (χ0n) is 17.7. The molecule has 1 saturated carbocycles. The Kier molecular flexibility index (Phi) is 5.60. The molecule has 2 aliphatic rings. The van der Waals surface area contributed by atoms with Crippen LogP contribution in [0.15, 0.2) is 60.0 Å². The maximum atomic E-state index is 12.7. The van der Waals surface area contributed by atoms with Gasteiger partial charge in [-0.05, 0) is 42.5 Å². The third-order valence-corrected chi connectivity index (χ3v) is 6.52. The number of hydrogen-bond donors (Lipinski definition) is 1. The van der Waals surface area contributed by atoms with E-state index in [-0.39, 0.29) is 16.9 Å². The lowest BCUT2D eigenvalue weighted by atomic mass is 10.0. The maximum Gasteiger partial charge on any atom is 0.339 e. The molecular weight excluding hydrogens is 442 g/mol. The molecule has 3 aromatic rings. The molecule has 5 rings (SSSR count). The molecule has 0 saturated heterocycles. The second-order valence-corrected chi connectivity index (χ2v) is 8.91. The van der Waals surface area contributed by atoms with Crippen LogP contribution < -0.4 is 14.8 Å². The van der Waals surface area contributed by atoms with E-state index in [1.807, 2.05) is 0 Å². The quantitative estimate of drug-likeness (QED) is 0.417. The van der Waals surface area contributed by atoms with E-state index in [0.29, 0.717) is 22.1 Å². The molecule has 1 N–H and O–H groups in total. The van der Waals surface area contributed by atoms with Gasteiger partial charge in [-0.15, -0.1) is 11.3 Å².